The van der Waals surface area contributed by atoms with Gasteiger partial charge < -0.3 is 0 Å². The van der Waals surface area contributed by atoms with Crippen LogP contribution in [0.1, 0.15) is 0 Å². The number of hydrogen-bond donors (Lipinski definition) is 4. The van der Waals surface area contributed by atoms with Gasteiger partial charge in [0.15, 0.2) is 0 Å². The van der Waals surface area contributed by atoms with E-state index in [1.807, 2.05) is 21.7 Å². The molecule has 24 heavy (non-hydrogen) atoms. The zero-order valence-electron chi connectivity index (χ0n) is 11.8. The van der Waals surface area contributed by atoms with E-state index in [9.17, 15) is 27.2 Å². The van der Waals surface area contributed by atoms with E-state index in [0.29, 0.717) is 0 Å². The van der Waals surface area contributed by atoms with E-state index in [1.54, 1.807) is 0 Å². The number of halogens is 4. The third-order valence-corrected chi connectivity index (χ3v) is 2.68. The summed E-state index contributed by atoms with van der Waals surface area (Å²) in [7, 11) is 0. The SMILES string of the molecule is O=C(NNc1cc(F)ccc1F)C(=O)NNc1cc(F)ccc1F. The summed E-state index contributed by atoms with van der Waals surface area (Å²) in [5, 5.41) is 0. The molecule has 4 N–H and O–H groups in total. The Bertz CT molecular complexity index is 720. The van der Waals surface area contributed by atoms with Crippen LogP contribution in [-0.4, -0.2) is 11.8 Å². The Morgan fingerprint density at radius 2 is 1.04 bits per heavy atom. The van der Waals surface area contributed by atoms with Gasteiger partial charge in [-0.05, 0) is 24.3 Å². The standard InChI is InChI=1S/C14H10F4N4O2/c15-7-1-3-9(17)11(5-7)19-21-13(23)14(24)22-20-12-6-8(16)2-4-10(12)18/h1-6,19-20H,(H,21,23)(H,22,24). The number of carbonyl (C=O) groups is 2. The smallest absolute Gasteiger partial charge is 0.295 e. The summed E-state index contributed by atoms with van der Waals surface area (Å²) in [6, 6.07) is 4.89. The Hall–Kier alpha value is -3.30. The second-order valence-corrected chi connectivity index (χ2v) is 4.41. The summed E-state index contributed by atoms with van der Waals surface area (Å²) in [5.74, 6) is -5.83. The molecule has 0 aliphatic carbocycles. The van der Waals surface area contributed by atoms with Gasteiger partial charge in [-0.15, -0.1) is 0 Å². The van der Waals surface area contributed by atoms with Crippen molar-refractivity contribution < 1.29 is 27.2 Å². The predicted molar refractivity (Wildman–Crippen MR) is 76.2 cm³/mol. The van der Waals surface area contributed by atoms with Crippen molar-refractivity contribution in [3.8, 4) is 0 Å². The third-order valence-electron chi connectivity index (χ3n) is 2.68. The Morgan fingerprint density at radius 1 is 0.667 bits per heavy atom. The minimum absolute atomic E-state index is 0.403. The number of amides is 2. The van der Waals surface area contributed by atoms with Gasteiger partial charge in [0.05, 0.1) is 11.4 Å². The summed E-state index contributed by atoms with van der Waals surface area (Å²) in [6.45, 7) is 0. The summed E-state index contributed by atoms with van der Waals surface area (Å²) in [4.78, 5) is 23.0. The van der Waals surface area contributed by atoms with Gasteiger partial charge in [0.2, 0.25) is 0 Å². The largest absolute Gasteiger partial charge is 0.329 e. The van der Waals surface area contributed by atoms with Gasteiger partial charge in [-0.3, -0.25) is 31.3 Å². The average molecular weight is 342 g/mol. The van der Waals surface area contributed by atoms with Crippen molar-refractivity contribution in [3.63, 3.8) is 0 Å². The topological polar surface area (TPSA) is 82.3 Å². The molecule has 0 aromatic heterocycles. The van der Waals surface area contributed by atoms with E-state index in [2.05, 4.69) is 0 Å². The van der Waals surface area contributed by atoms with Gasteiger partial charge in [0.1, 0.15) is 23.3 Å². The summed E-state index contributed by atoms with van der Waals surface area (Å²) in [6.07, 6.45) is 0. The molecule has 0 radical (unpaired) electrons. The first-order valence-corrected chi connectivity index (χ1v) is 6.39. The molecule has 2 aromatic rings. The third kappa shape index (κ3) is 4.35. The molecule has 10 heteroatoms. The highest BCUT2D eigenvalue weighted by Gasteiger charge is 2.14. The van der Waals surface area contributed by atoms with Crippen LogP contribution in [0.3, 0.4) is 0 Å². The van der Waals surface area contributed by atoms with Crippen LogP contribution in [0.2, 0.25) is 0 Å². The molecule has 0 saturated carbocycles. The van der Waals surface area contributed by atoms with Crippen molar-refractivity contribution in [2.75, 3.05) is 10.9 Å². The lowest BCUT2D eigenvalue weighted by molar-refractivity contribution is -0.138. The van der Waals surface area contributed by atoms with E-state index in [-0.39, 0.29) is 0 Å². The molecule has 0 heterocycles. The van der Waals surface area contributed by atoms with Crippen LogP contribution in [0.4, 0.5) is 28.9 Å². The average Bonchev–Trinajstić information content (AvgIpc) is 2.55. The van der Waals surface area contributed by atoms with Crippen LogP contribution in [0, 0.1) is 23.3 Å². The normalized spacial score (nSPS) is 10.0. The summed E-state index contributed by atoms with van der Waals surface area (Å²) in [5.41, 5.74) is 6.85. The number of hydrazine groups is 2. The fraction of sp³-hybridized carbons (Fsp3) is 0. The lowest BCUT2D eigenvalue weighted by atomic mass is 10.3. The molecule has 0 saturated heterocycles. The summed E-state index contributed by atoms with van der Waals surface area (Å²) < 4.78 is 52.5. The van der Waals surface area contributed by atoms with Crippen LogP contribution in [0.5, 0.6) is 0 Å². The van der Waals surface area contributed by atoms with E-state index in [4.69, 9.17) is 0 Å². The fourth-order valence-electron chi connectivity index (χ4n) is 1.55. The molecule has 2 aromatic carbocycles. The Kier molecular flexibility index (Phi) is 5.20. The van der Waals surface area contributed by atoms with E-state index >= 15 is 0 Å². The molecular formula is C14H10F4N4O2. The first kappa shape index (κ1) is 17.1. The van der Waals surface area contributed by atoms with Crippen molar-refractivity contribution >= 4 is 23.2 Å². The van der Waals surface area contributed by atoms with Crippen LogP contribution in [-0.2, 0) is 9.59 Å². The zero-order chi connectivity index (χ0) is 17.7. The van der Waals surface area contributed by atoms with Gasteiger partial charge in [-0.2, -0.15) is 0 Å². The minimum atomic E-state index is -1.29. The highest BCUT2D eigenvalue weighted by atomic mass is 19.1. The van der Waals surface area contributed by atoms with Crippen molar-refractivity contribution in [2.45, 2.75) is 0 Å². The second-order valence-electron chi connectivity index (χ2n) is 4.41. The van der Waals surface area contributed by atoms with Crippen molar-refractivity contribution in [2.24, 2.45) is 0 Å². The quantitative estimate of drug-likeness (QED) is 0.388. The minimum Gasteiger partial charge on any atom is -0.295 e. The number of carbonyl (C=O) groups excluding carboxylic acids is 2. The first-order chi connectivity index (χ1) is 11.4. The highest BCUT2D eigenvalue weighted by Crippen LogP contribution is 2.14. The predicted octanol–water partition coefficient (Wildman–Crippen LogP) is 1.83. The lowest BCUT2D eigenvalue weighted by Gasteiger charge is -2.11. The molecule has 0 aliphatic rings. The Morgan fingerprint density at radius 3 is 1.42 bits per heavy atom. The molecule has 0 atom stereocenters. The fourth-order valence-corrected chi connectivity index (χ4v) is 1.55. The molecule has 2 amide bonds. The van der Waals surface area contributed by atoms with Gasteiger partial charge in [-0.1, -0.05) is 0 Å². The Labute approximate surface area is 132 Å². The van der Waals surface area contributed by atoms with Gasteiger partial charge in [0.25, 0.3) is 0 Å². The first-order valence-electron chi connectivity index (χ1n) is 6.39. The van der Waals surface area contributed by atoms with Crippen LogP contribution >= 0.6 is 0 Å². The molecule has 6 nitrogen and oxygen atoms in total. The molecular weight excluding hydrogens is 332 g/mol. The molecule has 0 fully saturated rings. The second kappa shape index (κ2) is 7.31. The van der Waals surface area contributed by atoms with Crippen molar-refractivity contribution in [3.05, 3.63) is 59.7 Å². The maximum atomic E-state index is 13.3. The van der Waals surface area contributed by atoms with E-state index < -0.39 is 46.5 Å². The summed E-state index contributed by atoms with van der Waals surface area (Å²) >= 11 is 0. The maximum absolute atomic E-state index is 13.3. The van der Waals surface area contributed by atoms with Crippen LogP contribution in [0.15, 0.2) is 36.4 Å². The molecule has 0 spiro atoms. The number of benzene rings is 2. The molecule has 2 rings (SSSR count). The highest BCUT2D eigenvalue weighted by molar-refractivity contribution is 6.35. The van der Waals surface area contributed by atoms with E-state index in [0.717, 1.165) is 36.4 Å². The number of hydrogen-bond acceptors (Lipinski definition) is 4. The van der Waals surface area contributed by atoms with Crippen LogP contribution < -0.4 is 21.7 Å². The number of nitrogens with one attached hydrogen (secondary N) is 4. The van der Waals surface area contributed by atoms with Crippen LogP contribution in [0.25, 0.3) is 0 Å². The maximum Gasteiger partial charge on any atom is 0.329 e. The van der Waals surface area contributed by atoms with Gasteiger partial charge in [-0.25, -0.2) is 17.6 Å². The number of anilines is 2. The number of rotatable bonds is 4. The molecule has 0 unspecified atom stereocenters. The van der Waals surface area contributed by atoms with Gasteiger partial charge in [0, 0.05) is 12.1 Å². The molecule has 0 bridgehead atoms. The zero-order valence-corrected chi connectivity index (χ0v) is 11.8. The van der Waals surface area contributed by atoms with E-state index in [1.165, 1.54) is 0 Å². The molecule has 0 aliphatic heterocycles. The molecule has 126 valence electrons. The van der Waals surface area contributed by atoms with Crippen molar-refractivity contribution in [1.82, 2.24) is 10.9 Å². The Balaban J connectivity index is 1.89. The van der Waals surface area contributed by atoms with Gasteiger partial charge >= 0.3 is 11.8 Å². The lowest BCUT2D eigenvalue weighted by Crippen LogP contribution is -2.44. The van der Waals surface area contributed by atoms with Crippen molar-refractivity contribution in [1.29, 1.82) is 0 Å². The monoisotopic (exact) mass is 342 g/mol.